The number of rotatable bonds is 5. The fourth-order valence-electron chi connectivity index (χ4n) is 2.37. The van der Waals surface area contributed by atoms with Crippen LogP contribution in [-0.4, -0.2) is 33.5 Å². The average molecular weight is 351 g/mol. The number of hydrogen-bond acceptors (Lipinski definition) is 5. The van der Waals surface area contributed by atoms with Crippen molar-refractivity contribution in [2.45, 2.75) is 19.6 Å². The molecule has 132 valence electrons. The van der Waals surface area contributed by atoms with Gasteiger partial charge in [0.1, 0.15) is 11.6 Å². The van der Waals surface area contributed by atoms with Gasteiger partial charge in [0.15, 0.2) is 5.65 Å². The normalized spacial score (nSPS) is 11.7. The van der Waals surface area contributed by atoms with Crippen molar-refractivity contribution in [3.05, 3.63) is 47.8 Å². The molecule has 0 aliphatic heterocycles. The van der Waals surface area contributed by atoms with E-state index in [0.29, 0.717) is 23.5 Å². The fourth-order valence-corrected chi connectivity index (χ4v) is 2.37. The Bertz CT molecular complexity index is 860. The van der Waals surface area contributed by atoms with Gasteiger partial charge in [-0.05, 0) is 36.8 Å². The highest BCUT2D eigenvalue weighted by Crippen LogP contribution is 2.28. The van der Waals surface area contributed by atoms with E-state index in [0.717, 1.165) is 11.3 Å². The first-order chi connectivity index (χ1) is 11.9. The van der Waals surface area contributed by atoms with E-state index in [9.17, 15) is 13.2 Å². The molecule has 0 amide bonds. The van der Waals surface area contributed by atoms with E-state index in [4.69, 9.17) is 4.74 Å². The molecule has 1 aromatic carbocycles. The number of halogens is 3. The molecule has 0 aliphatic rings. The summed E-state index contributed by atoms with van der Waals surface area (Å²) in [6.45, 7) is 2.97. The summed E-state index contributed by atoms with van der Waals surface area (Å²) in [6, 6.07) is 10.6. The third kappa shape index (κ3) is 3.65. The summed E-state index contributed by atoms with van der Waals surface area (Å²) in [5.74, 6) is 0.0123. The van der Waals surface area contributed by atoms with Gasteiger partial charge < -0.3 is 9.64 Å². The summed E-state index contributed by atoms with van der Waals surface area (Å²) in [5, 5.41) is 10.7. The minimum Gasteiger partial charge on any atom is -0.494 e. The molecule has 0 N–H and O–H groups in total. The molecule has 0 unspecified atom stereocenters. The van der Waals surface area contributed by atoms with Crippen LogP contribution in [0.5, 0.6) is 5.75 Å². The number of fused-ring (bicyclic) bond motifs is 1. The Morgan fingerprint density at radius 2 is 1.80 bits per heavy atom. The molecule has 0 saturated carbocycles. The van der Waals surface area contributed by atoms with Gasteiger partial charge in [-0.1, -0.05) is 12.1 Å². The van der Waals surface area contributed by atoms with Crippen molar-refractivity contribution in [2.75, 3.05) is 18.6 Å². The van der Waals surface area contributed by atoms with Crippen LogP contribution in [0.15, 0.2) is 36.4 Å². The highest BCUT2D eigenvalue weighted by molar-refractivity contribution is 5.46. The van der Waals surface area contributed by atoms with Gasteiger partial charge in [-0.15, -0.1) is 15.3 Å². The summed E-state index contributed by atoms with van der Waals surface area (Å²) < 4.78 is 44.9. The zero-order valence-corrected chi connectivity index (χ0v) is 13.7. The number of anilines is 1. The van der Waals surface area contributed by atoms with Crippen LogP contribution in [0.2, 0.25) is 0 Å². The van der Waals surface area contributed by atoms with E-state index in [1.807, 2.05) is 31.2 Å². The zero-order chi connectivity index (χ0) is 18.0. The third-order valence-electron chi connectivity index (χ3n) is 3.55. The SMILES string of the molecule is CCOc1ccc(CN(C)c2ccc3nnc(C(F)(F)F)n3n2)cc1. The predicted molar refractivity (Wildman–Crippen MR) is 85.5 cm³/mol. The number of aromatic nitrogens is 4. The second kappa shape index (κ2) is 6.58. The number of alkyl halides is 3. The largest absolute Gasteiger partial charge is 0.494 e. The molecule has 0 atom stereocenters. The van der Waals surface area contributed by atoms with Crippen LogP contribution in [0.25, 0.3) is 5.65 Å². The highest BCUT2D eigenvalue weighted by Gasteiger charge is 2.37. The summed E-state index contributed by atoms with van der Waals surface area (Å²) >= 11 is 0. The number of hydrogen-bond donors (Lipinski definition) is 0. The maximum atomic E-state index is 12.9. The quantitative estimate of drug-likeness (QED) is 0.707. The molecule has 0 fully saturated rings. The Morgan fingerprint density at radius 3 is 2.44 bits per heavy atom. The van der Waals surface area contributed by atoms with Gasteiger partial charge in [0.25, 0.3) is 5.82 Å². The maximum absolute atomic E-state index is 12.9. The van der Waals surface area contributed by atoms with Crippen LogP contribution in [0.3, 0.4) is 0 Å². The van der Waals surface area contributed by atoms with Crippen LogP contribution in [-0.2, 0) is 12.7 Å². The van der Waals surface area contributed by atoms with Crippen molar-refractivity contribution < 1.29 is 17.9 Å². The van der Waals surface area contributed by atoms with Crippen molar-refractivity contribution in [1.82, 2.24) is 19.8 Å². The van der Waals surface area contributed by atoms with Crippen LogP contribution in [0.1, 0.15) is 18.3 Å². The van der Waals surface area contributed by atoms with E-state index in [-0.39, 0.29) is 5.65 Å². The maximum Gasteiger partial charge on any atom is 0.453 e. The van der Waals surface area contributed by atoms with Crippen molar-refractivity contribution >= 4 is 11.5 Å². The highest BCUT2D eigenvalue weighted by atomic mass is 19.4. The van der Waals surface area contributed by atoms with Gasteiger partial charge >= 0.3 is 6.18 Å². The van der Waals surface area contributed by atoms with E-state index in [2.05, 4.69) is 15.3 Å². The van der Waals surface area contributed by atoms with E-state index >= 15 is 0 Å². The van der Waals surface area contributed by atoms with E-state index < -0.39 is 12.0 Å². The Balaban J connectivity index is 1.83. The van der Waals surface area contributed by atoms with Gasteiger partial charge in [0.05, 0.1) is 6.61 Å². The molecule has 0 bridgehead atoms. The first kappa shape index (κ1) is 17.0. The smallest absolute Gasteiger partial charge is 0.453 e. The van der Waals surface area contributed by atoms with Crippen molar-refractivity contribution in [2.24, 2.45) is 0 Å². The monoisotopic (exact) mass is 351 g/mol. The Hall–Kier alpha value is -2.84. The molecular formula is C16H16F3N5O. The molecule has 3 rings (SSSR count). The summed E-state index contributed by atoms with van der Waals surface area (Å²) in [6.07, 6.45) is -4.61. The lowest BCUT2D eigenvalue weighted by Crippen LogP contribution is -2.20. The first-order valence-corrected chi connectivity index (χ1v) is 7.61. The molecule has 9 heteroatoms. The van der Waals surface area contributed by atoms with E-state index in [1.165, 1.54) is 6.07 Å². The Kier molecular flexibility index (Phi) is 4.47. The van der Waals surface area contributed by atoms with Gasteiger partial charge in [-0.2, -0.15) is 17.7 Å². The van der Waals surface area contributed by atoms with Gasteiger partial charge in [-0.3, -0.25) is 0 Å². The molecule has 0 radical (unpaired) electrons. The second-order valence-electron chi connectivity index (χ2n) is 5.42. The standard InChI is InChI=1S/C16H16F3N5O/c1-3-25-12-6-4-11(5-7-12)10-23(2)14-9-8-13-20-21-15(16(17,18)19)24(13)22-14/h4-9H,3,10H2,1-2H3. The second-order valence-corrected chi connectivity index (χ2v) is 5.42. The minimum absolute atomic E-state index is 0.0468. The van der Waals surface area contributed by atoms with Gasteiger partial charge in [0, 0.05) is 13.6 Å². The number of benzene rings is 1. The van der Waals surface area contributed by atoms with Gasteiger partial charge in [0.2, 0.25) is 0 Å². The predicted octanol–water partition coefficient (Wildman–Crippen LogP) is 3.18. The molecule has 2 aromatic heterocycles. The van der Waals surface area contributed by atoms with Crippen LogP contribution in [0.4, 0.5) is 19.0 Å². The average Bonchev–Trinajstić information content (AvgIpc) is 3.00. The minimum atomic E-state index is -4.61. The lowest BCUT2D eigenvalue weighted by atomic mass is 10.2. The van der Waals surface area contributed by atoms with Crippen molar-refractivity contribution in [1.29, 1.82) is 0 Å². The van der Waals surface area contributed by atoms with E-state index in [1.54, 1.807) is 18.0 Å². The lowest BCUT2D eigenvalue weighted by molar-refractivity contribution is -0.146. The molecule has 0 aliphatic carbocycles. The van der Waals surface area contributed by atoms with Crippen LogP contribution in [0, 0.1) is 0 Å². The molecule has 3 aromatic rings. The number of nitrogens with zero attached hydrogens (tertiary/aromatic N) is 5. The van der Waals surface area contributed by atoms with Crippen LogP contribution < -0.4 is 9.64 Å². The molecule has 0 saturated heterocycles. The van der Waals surface area contributed by atoms with Crippen molar-refractivity contribution in [3.63, 3.8) is 0 Å². The summed E-state index contributed by atoms with van der Waals surface area (Å²) in [7, 11) is 1.75. The fraction of sp³-hybridized carbons (Fsp3) is 0.312. The summed E-state index contributed by atoms with van der Waals surface area (Å²) in [5.41, 5.74) is 1.03. The van der Waals surface area contributed by atoms with Crippen molar-refractivity contribution in [3.8, 4) is 5.75 Å². The molecule has 2 heterocycles. The Morgan fingerprint density at radius 1 is 1.08 bits per heavy atom. The van der Waals surface area contributed by atoms with Gasteiger partial charge in [-0.25, -0.2) is 0 Å². The molecular weight excluding hydrogens is 335 g/mol. The topological polar surface area (TPSA) is 55.5 Å². The number of ether oxygens (including phenoxy) is 1. The zero-order valence-electron chi connectivity index (χ0n) is 13.7. The lowest BCUT2D eigenvalue weighted by Gasteiger charge is -2.18. The van der Waals surface area contributed by atoms with Crippen LogP contribution >= 0.6 is 0 Å². The molecule has 6 nitrogen and oxygen atoms in total. The Labute approximate surface area is 141 Å². The molecule has 0 spiro atoms. The third-order valence-corrected chi connectivity index (χ3v) is 3.55. The summed E-state index contributed by atoms with van der Waals surface area (Å²) in [4.78, 5) is 1.75. The first-order valence-electron chi connectivity index (χ1n) is 7.61. The molecule has 25 heavy (non-hydrogen) atoms.